The highest BCUT2D eigenvalue weighted by atomic mass is 35.5. The summed E-state index contributed by atoms with van der Waals surface area (Å²) < 4.78 is 0. The molecule has 120 valence electrons. The van der Waals surface area contributed by atoms with Crippen molar-refractivity contribution < 1.29 is 4.79 Å². The van der Waals surface area contributed by atoms with Gasteiger partial charge >= 0.3 is 0 Å². The number of nitrogens with one attached hydrogen (secondary N) is 1. The molecule has 3 nitrogen and oxygen atoms in total. The Kier molecular flexibility index (Phi) is 8.71. The molecule has 0 fully saturated rings. The molecular weight excluding hydrogens is 327 g/mol. The number of benzene rings is 1. The van der Waals surface area contributed by atoms with E-state index in [0.717, 1.165) is 4.90 Å². The molecule has 2 atom stereocenters. The molecule has 21 heavy (non-hydrogen) atoms. The zero-order chi connectivity index (χ0) is 15.3. The van der Waals surface area contributed by atoms with E-state index in [1.807, 2.05) is 38.1 Å². The number of carbonyl (C=O) groups excluding carboxylic acids is 1. The van der Waals surface area contributed by atoms with Crippen LogP contribution in [0.4, 0.5) is 0 Å². The first-order valence-corrected chi connectivity index (χ1v) is 7.98. The Labute approximate surface area is 142 Å². The van der Waals surface area contributed by atoms with Crippen molar-refractivity contribution in [3.63, 3.8) is 0 Å². The van der Waals surface area contributed by atoms with Gasteiger partial charge in [-0.3, -0.25) is 4.79 Å². The van der Waals surface area contributed by atoms with Gasteiger partial charge in [0.25, 0.3) is 0 Å². The molecule has 0 aliphatic carbocycles. The summed E-state index contributed by atoms with van der Waals surface area (Å²) in [4.78, 5) is 13.3. The predicted molar refractivity (Wildman–Crippen MR) is 94.5 cm³/mol. The van der Waals surface area contributed by atoms with Crippen LogP contribution in [0.3, 0.4) is 0 Å². The van der Waals surface area contributed by atoms with Crippen molar-refractivity contribution >= 4 is 41.7 Å². The number of hydrogen-bond acceptors (Lipinski definition) is 3. The molecule has 0 saturated heterocycles. The van der Waals surface area contributed by atoms with Gasteiger partial charge in [0.2, 0.25) is 5.91 Å². The summed E-state index contributed by atoms with van der Waals surface area (Å²) in [6.07, 6.45) is 0. The van der Waals surface area contributed by atoms with Crippen LogP contribution in [-0.2, 0) is 4.79 Å². The Balaban J connectivity index is 0.00000400. The number of amides is 1. The molecule has 0 radical (unpaired) electrons. The van der Waals surface area contributed by atoms with Gasteiger partial charge < -0.3 is 11.1 Å². The summed E-state index contributed by atoms with van der Waals surface area (Å²) in [7, 11) is 0. The highest BCUT2D eigenvalue weighted by Gasteiger charge is 2.30. The van der Waals surface area contributed by atoms with E-state index in [2.05, 4.69) is 19.2 Å². The fourth-order valence-corrected chi connectivity index (χ4v) is 2.58. The summed E-state index contributed by atoms with van der Waals surface area (Å²) >= 11 is 7.36. The first-order chi connectivity index (χ1) is 9.28. The lowest BCUT2D eigenvalue weighted by Crippen LogP contribution is -2.56. The van der Waals surface area contributed by atoms with Crippen LogP contribution in [0.2, 0.25) is 5.02 Å². The number of rotatable bonds is 6. The Morgan fingerprint density at radius 2 is 1.86 bits per heavy atom. The van der Waals surface area contributed by atoms with Crippen LogP contribution in [0.15, 0.2) is 29.2 Å². The van der Waals surface area contributed by atoms with E-state index in [-0.39, 0.29) is 35.0 Å². The Hall–Kier alpha value is -0.420. The smallest absolute Gasteiger partial charge is 0.233 e. The van der Waals surface area contributed by atoms with Crippen molar-refractivity contribution in [1.29, 1.82) is 0 Å². The monoisotopic (exact) mass is 350 g/mol. The lowest BCUT2D eigenvalue weighted by Gasteiger charge is -2.34. The van der Waals surface area contributed by atoms with E-state index in [4.69, 9.17) is 17.3 Å². The van der Waals surface area contributed by atoms with E-state index >= 15 is 0 Å². The molecule has 1 aromatic carbocycles. The van der Waals surface area contributed by atoms with Crippen LogP contribution in [0.5, 0.6) is 0 Å². The summed E-state index contributed by atoms with van der Waals surface area (Å²) in [5.74, 6) is 0.288. The molecule has 6 heteroatoms. The number of halogens is 2. The van der Waals surface area contributed by atoms with Gasteiger partial charge in [-0.25, -0.2) is 0 Å². The third-order valence-corrected chi connectivity index (χ3v) is 4.97. The molecule has 0 aliphatic heterocycles. The first-order valence-electron chi connectivity index (χ1n) is 6.73. The molecule has 1 rings (SSSR count). The predicted octanol–water partition coefficient (Wildman–Crippen LogP) is 3.73. The summed E-state index contributed by atoms with van der Waals surface area (Å²) in [5, 5.41) is 3.58. The van der Waals surface area contributed by atoms with Crippen LogP contribution in [0.1, 0.15) is 27.7 Å². The number of carbonyl (C=O) groups is 1. The minimum absolute atomic E-state index is 0. The third kappa shape index (κ3) is 6.07. The normalized spacial score (nSPS) is 15.0. The van der Waals surface area contributed by atoms with Gasteiger partial charge in [0.05, 0.1) is 10.8 Å². The van der Waals surface area contributed by atoms with Gasteiger partial charge in [-0.05, 0) is 44.0 Å². The highest BCUT2D eigenvalue weighted by molar-refractivity contribution is 8.00. The van der Waals surface area contributed by atoms with E-state index in [1.165, 1.54) is 11.8 Å². The second-order valence-electron chi connectivity index (χ2n) is 5.48. The van der Waals surface area contributed by atoms with Crippen LogP contribution < -0.4 is 11.1 Å². The maximum atomic E-state index is 12.3. The molecular formula is C15H24Cl2N2OS. The Morgan fingerprint density at radius 3 is 2.29 bits per heavy atom. The molecule has 1 aromatic rings. The summed E-state index contributed by atoms with van der Waals surface area (Å²) in [6.45, 7) is 8.42. The molecule has 0 aromatic heterocycles. The molecule has 2 unspecified atom stereocenters. The molecule has 3 N–H and O–H groups in total. The molecule has 1 amide bonds. The maximum absolute atomic E-state index is 12.3. The Morgan fingerprint density at radius 1 is 1.33 bits per heavy atom. The third-order valence-electron chi connectivity index (χ3n) is 3.60. The van der Waals surface area contributed by atoms with Gasteiger partial charge in [0.15, 0.2) is 0 Å². The number of thioether (sulfide) groups is 1. The summed E-state index contributed by atoms with van der Waals surface area (Å²) in [5.41, 5.74) is 5.42. The van der Waals surface area contributed by atoms with E-state index < -0.39 is 0 Å². The molecule has 0 spiro atoms. The van der Waals surface area contributed by atoms with Gasteiger partial charge in [0, 0.05) is 16.5 Å². The van der Waals surface area contributed by atoms with Crippen molar-refractivity contribution in [3.8, 4) is 0 Å². The first kappa shape index (κ1) is 20.6. The van der Waals surface area contributed by atoms with Crippen LogP contribution in [0.25, 0.3) is 0 Å². The van der Waals surface area contributed by atoms with Gasteiger partial charge in [-0.15, -0.1) is 24.2 Å². The van der Waals surface area contributed by atoms with E-state index in [0.29, 0.717) is 11.6 Å². The highest BCUT2D eigenvalue weighted by Crippen LogP contribution is 2.25. The van der Waals surface area contributed by atoms with Crippen LogP contribution in [-0.4, -0.2) is 23.2 Å². The quantitative estimate of drug-likeness (QED) is 0.768. The summed E-state index contributed by atoms with van der Waals surface area (Å²) in [6, 6.07) is 7.49. The van der Waals surface area contributed by atoms with Gasteiger partial charge in [0.1, 0.15) is 0 Å². The lowest BCUT2D eigenvalue weighted by molar-refractivity contribution is -0.122. The van der Waals surface area contributed by atoms with Crippen molar-refractivity contribution in [2.24, 2.45) is 11.7 Å². The minimum atomic E-state index is -0.369. The topological polar surface area (TPSA) is 55.1 Å². The fraction of sp³-hybridized carbons (Fsp3) is 0.533. The zero-order valence-electron chi connectivity index (χ0n) is 12.9. The minimum Gasteiger partial charge on any atom is -0.348 e. The van der Waals surface area contributed by atoms with Crippen LogP contribution in [0, 0.1) is 5.92 Å². The SMILES string of the molecule is CC(Sc1ccc(Cl)cc1)C(=O)NC(C)(CN)C(C)C.Cl. The Bertz CT molecular complexity index is 453. The van der Waals surface area contributed by atoms with Crippen LogP contribution >= 0.6 is 35.8 Å². The van der Waals surface area contributed by atoms with Gasteiger partial charge in [-0.1, -0.05) is 25.4 Å². The standard InChI is InChI=1S/C15H23ClN2OS.ClH/c1-10(2)15(4,9-17)18-14(19)11(3)20-13-7-5-12(16)6-8-13;/h5-8,10-11H,9,17H2,1-4H3,(H,18,19);1H. The number of hydrogen-bond donors (Lipinski definition) is 2. The van der Waals surface area contributed by atoms with Crippen molar-refractivity contribution in [1.82, 2.24) is 5.32 Å². The molecule has 0 heterocycles. The average Bonchev–Trinajstić information content (AvgIpc) is 2.40. The second-order valence-corrected chi connectivity index (χ2v) is 7.33. The van der Waals surface area contributed by atoms with E-state index in [9.17, 15) is 4.79 Å². The van der Waals surface area contributed by atoms with Crippen molar-refractivity contribution in [3.05, 3.63) is 29.3 Å². The molecule has 0 bridgehead atoms. The number of nitrogens with two attached hydrogens (primary N) is 1. The van der Waals surface area contributed by atoms with Gasteiger partial charge in [-0.2, -0.15) is 0 Å². The largest absolute Gasteiger partial charge is 0.348 e. The average molecular weight is 351 g/mol. The molecule has 0 aliphatic rings. The van der Waals surface area contributed by atoms with Crippen molar-refractivity contribution in [2.45, 2.75) is 43.4 Å². The van der Waals surface area contributed by atoms with E-state index in [1.54, 1.807) is 0 Å². The second kappa shape index (κ2) is 8.89. The molecule has 0 saturated carbocycles. The van der Waals surface area contributed by atoms with Crippen molar-refractivity contribution in [2.75, 3.05) is 6.54 Å². The maximum Gasteiger partial charge on any atom is 0.233 e. The lowest BCUT2D eigenvalue weighted by atomic mass is 9.88. The zero-order valence-corrected chi connectivity index (χ0v) is 15.2. The fourth-order valence-electron chi connectivity index (χ4n) is 1.58.